The molecule has 0 bridgehead atoms. The summed E-state index contributed by atoms with van der Waals surface area (Å²) in [5.41, 5.74) is 5.92. The van der Waals surface area contributed by atoms with Gasteiger partial charge in [0.1, 0.15) is 0 Å². The Kier molecular flexibility index (Phi) is 2.19. The van der Waals surface area contributed by atoms with Crippen molar-refractivity contribution in [2.24, 2.45) is 5.41 Å². The number of hydrogen-bond donors (Lipinski definition) is 2. The van der Waals surface area contributed by atoms with Gasteiger partial charge in [0.05, 0.1) is 12.3 Å². The van der Waals surface area contributed by atoms with Crippen molar-refractivity contribution in [1.29, 1.82) is 0 Å². The lowest BCUT2D eigenvalue weighted by Crippen LogP contribution is -2.13. The molecular weight excluding hydrogens is 185 g/mol. The number of nitrogen functional groups attached to an aromatic ring is 1. The van der Waals surface area contributed by atoms with Crippen molar-refractivity contribution in [3.8, 4) is 0 Å². The molecule has 0 radical (unpaired) electrons. The first-order chi connectivity index (χ1) is 6.67. The summed E-state index contributed by atoms with van der Waals surface area (Å²) in [5, 5.41) is 6.25. The van der Waals surface area contributed by atoms with Gasteiger partial charge in [-0.25, -0.2) is 4.39 Å². The fourth-order valence-corrected chi connectivity index (χ4v) is 1.73. The van der Waals surface area contributed by atoms with Gasteiger partial charge < -0.3 is 10.5 Å². The zero-order valence-electron chi connectivity index (χ0n) is 8.14. The molecule has 0 aliphatic heterocycles. The normalized spacial score (nSPS) is 18.4. The Morgan fingerprint density at radius 3 is 2.79 bits per heavy atom. The summed E-state index contributed by atoms with van der Waals surface area (Å²) in [6.45, 7) is 0.672. The quantitative estimate of drug-likeness (QED) is 0.763. The first-order valence-corrected chi connectivity index (χ1v) is 4.64. The fraction of sp³-hybridized carbons (Fsp3) is 0.667. The van der Waals surface area contributed by atoms with Crippen molar-refractivity contribution >= 4 is 5.82 Å². The molecule has 3 N–H and O–H groups in total. The molecule has 0 aromatic carbocycles. The maximum Gasteiger partial charge on any atom is 0.187 e. The second-order valence-electron chi connectivity index (χ2n) is 4.01. The van der Waals surface area contributed by atoms with Gasteiger partial charge in [0, 0.05) is 7.11 Å². The first kappa shape index (κ1) is 9.45. The van der Waals surface area contributed by atoms with E-state index in [0.29, 0.717) is 18.7 Å². The zero-order chi connectivity index (χ0) is 10.2. The fourth-order valence-electron chi connectivity index (χ4n) is 1.73. The second-order valence-corrected chi connectivity index (χ2v) is 4.01. The van der Waals surface area contributed by atoms with Gasteiger partial charge in [-0.05, 0) is 24.7 Å². The number of anilines is 1. The van der Waals surface area contributed by atoms with Crippen LogP contribution in [0.5, 0.6) is 0 Å². The van der Waals surface area contributed by atoms with Crippen LogP contribution in [-0.2, 0) is 11.2 Å². The van der Waals surface area contributed by atoms with Gasteiger partial charge in [-0.3, -0.25) is 5.10 Å². The van der Waals surface area contributed by atoms with E-state index in [9.17, 15) is 4.39 Å². The summed E-state index contributed by atoms with van der Waals surface area (Å²) in [4.78, 5) is 0. The molecule has 1 aromatic rings. The van der Waals surface area contributed by atoms with E-state index in [-0.39, 0.29) is 11.2 Å². The van der Waals surface area contributed by atoms with Gasteiger partial charge in [0.15, 0.2) is 11.6 Å². The molecule has 1 saturated carbocycles. The van der Waals surface area contributed by atoms with E-state index in [1.807, 2.05) is 0 Å². The highest BCUT2D eigenvalue weighted by Crippen LogP contribution is 2.48. The minimum absolute atomic E-state index is 0.0479. The Bertz CT molecular complexity index is 333. The average molecular weight is 199 g/mol. The standard InChI is InChI=1S/C9H14FN3O/c1-14-5-9(2-3-9)4-6-7(10)8(11)13-12-6/h2-5H2,1H3,(H3,11,12,13). The van der Waals surface area contributed by atoms with Crippen LogP contribution in [0.15, 0.2) is 0 Å². The summed E-state index contributed by atoms with van der Waals surface area (Å²) >= 11 is 0. The minimum Gasteiger partial charge on any atom is -0.384 e. The molecule has 1 aliphatic carbocycles. The molecule has 1 aliphatic rings. The van der Waals surface area contributed by atoms with Crippen LogP contribution in [0.4, 0.5) is 10.2 Å². The summed E-state index contributed by atoms with van der Waals surface area (Å²) in [6.07, 6.45) is 2.80. The van der Waals surface area contributed by atoms with E-state index in [0.717, 1.165) is 12.8 Å². The lowest BCUT2D eigenvalue weighted by Gasteiger charge is -2.11. The number of nitrogens with zero attached hydrogens (tertiary/aromatic N) is 1. The van der Waals surface area contributed by atoms with Crippen LogP contribution < -0.4 is 5.73 Å². The van der Waals surface area contributed by atoms with Gasteiger partial charge in [-0.1, -0.05) is 0 Å². The number of H-pyrrole nitrogens is 1. The van der Waals surface area contributed by atoms with E-state index in [1.54, 1.807) is 7.11 Å². The third kappa shape index (κ3) is 1.59. The minimum atomic E-state index is -0.410. The Balaban J connectivity index is 2.07. The largest absolute Gasteiger partial charge is 0.384 e. The summed E-state index contributed by atoms with van der Waals surface area (Å²) < 4.78 is 18.4. The number of hydrogen-bond acceptors (Lipinski definition) is 3. The van der Waals surface area contributed by atoms with Crippen LogP contribution in [0.3, 0.4) is 0 Å². The molecule has 0 atom stereocenters. The molecule has 2 rings (SSSR count). The van der Waals surface area contributed by atoms with Gasteiger partial charge in [-0.2, -0.15) is 5.10 Å². The monoisotopic (exact) mass is 199 g/mol. The van der Waals surface area contributed by atoms with Crippen molar-refractivity contribution in [2.45, 2.75) is 19.3 Å². The molecule has 0 amide bonds. The molecular formula is C9H14FN3O. The molecule has 5 heteroatoms. The third-order valence-electron chi connectivity index (χ3n) is 2.76. The highest BCUT2D eigenvalue weighted by molar-refractivity contribution is 5.32. The highest BCUT2D eigenvalue weighted by atomic mass is 19.1. The Hall–Kier alpha value is -1.10. The zero-order valence-corrected chi connectivity index (χ0v) is 8.14. The molecule has 1 aromatic heterocycles. The summed E-state index contributed by atoms with van der Waals surface area (Å²) in [5.74, 6) is -0.458. The Morgan fingerprint density at radius 1 is 1.64 bits per heavy atom. The van der Waals surface area contributed by atoms with Crippen molar-refractivity contribution in [3.63, 3.8) is 0 Å². The van der Waals surface area contributed by atoms with Crippen molar-refractivity contribution in [1.82, 2.24) is 10.2 Å². The summed E-state index contributed by atoms with van der Waals surface area (Å²) in [7, 11) is 1.66. The van der Waals surface area contributed by atoms with Gasteiger partial charge in [0.2, 0.25) is 0 Å². The number of nitrogens with one attached hydrogen (secondary N) is 1. The molecule has 0 saturated heterocycles. The number of halogens is 1. The van der Waals surface area contributed by atoms with Gasteiger partial charge >= 0.3 is 0 Å². The molecule has 14 heavy (non-hydrogen) atoms. The third-order valence-corrected chi connectivity index (χ3v) is 2.76. The lowest BCUT2D eigenvalue weighted by molar-refractivity contribution is 0.140. The van der Waals surface area contributed by atoms with E-state index in [1.165, 1.54) is 0 Å². The van der Waals surface area contributed by atoms with Crippen molar-refractivity contribution in [3.05, 3.63) is 11.5 Å². The average Bonchev–Trinajstić information content (AvgIpc) is 2.85. The number of nitrogens with two attached hydrogens (primary N) is 1. The van der Waals surface area contributed by atoms with Crippen molar-refractivity contribution < 1.29 is 9.13 Å². The molecule has 78 valence electrons. The topological polar surface area (TPSA) is 63.9 Å². The van der Waals surface area contributed by atoms with E-state index < -0.39 is 5.82 Å². The van der Waals surface area contributed by atoms with Crippen LogP contribution in [0.2, 0.25) is 0 Å². The Morgan fingerprint density at radius 2 is 2.36 bits per heavy atom. The number of aromatic amines is 1. The number of aromatic nitrogens is 2. The molecule has 0 unspecified atom stereocenters. The number of rotatable bonds is 4. The molecule has 0 spiro atoms. The number of methoxy groups -OCH3 is 1. The second kappa shape index (κ2) is 3.24. The smallest absolute Gasteiger partial charge is 0.187 e. The predicted octanol–water partition coefficient (Wildman–Crippen LogP) is 1.10. The summed E-state index contributed by atoms with van der Waals surface area (Å²) in [6, 6.07) is 0. The van der Waals surface area contributed by atoms with E-state index in [4.69, 9.17) is 10.5 Å². The van der Waals surface area contributed by atoms with Crippen LogP contribution in [0.1, 0.15) is 18.5 Å². The van der Waals surface area contributed by atoms with E-state index in [2.05, 4.69) is 10.2 Å². The van der Waals surface area contributed by atoms with Crippen molar-refractivity contribution in [2.75, 3.05) is 19.5 Å². The predicted molar refractivity (Wildman–Crippen MR) is 50.2 cm³/mol. The highest BCUT2D eigenvalue weighted by Gasteiger charge is 2.43. The maximum absolute atomic E-state index is 13.3. The maximum atomic E-state index is 13.3. The molecule has 1 fully saturated rings. The van der Waals surface area contributed by atoms with Crippen LogP contribution >= 0.6 is 0 Å². The lowest BCUT2D eigenvalue weighted by atomic mass is 10.0. The molecule has 4 nitrogen and oxygen atoms in total. The van der Waals surface area contributed by atoms with Gasteiger partial charge in [-0.15, -0.1) is 0 Å². The Labute approximate surface area is 81.6 Å². The number of ether oxygens (including phenoxy) is 1. The van der Waals surface area contributed by atoms with E-state index >= 15 is 0 Å². The van der Waals surface area contributed by atoms with Crippen LogP contribution in [0, 0.1) is 11.2 Å². The SMILES string of the molecule is COCC1(Cc2[nH]nc(N)c2F)CC1. The van der Waals surface area contributed by atoms with Crippen LogP contribution in [0.25, 0.3) is 0 Å². The van der Waals surface area contributed by atoms with Gasteiger partial charge in [0.25, 0.3) is 0 Å². The molecule has 1 heterocycles. The first-order valence-electron chi connectivity index (χ1n) is 4.64. The van der Waals surface area contributed by atoms with Crippen LogP contribution in [-0.4, -0.2) is 23.9 Å².